The first-order chi connectivity index (χ1) is 12.3. The molecule has 4 rings (SSSR count). The first-order valence-corrected chi connectivity index (χ1v) is 9.24. The van der Waals surface area contributed by atoms with Gasteiger partial charge in [-0.25, -0.2) is 0 Å². The number of nitrogens with one attached hydrogen (secondary N) is 1. The van der Waals surface area contributed by atoms with Gasteiger partial charge in [0, 0.05) is 32.7 Å². The van der Waals surface area contributed by atoms with Gasteiger partial charge in [0.25, 0.3) is 0 Å². The highest BCUT2D eigenvalue weighted by Gasteiger charge is 2.19. The third-order valence-electron chi connectivity index (χ3n) is 5.38. The number of nitrogens with zero attached hydrogens (tertiary/aromatic N) is 1. The van der Waals surface area contributed by atoms with Gasteiger partial charge >= 0.3 is 0 Å². The summed E-state index contributed by atoms with van der Waals surface area (Å²) in [6.07, 6.45) is 4.63. The Morgan fingerprint density at radius 1 is 1.00 bits per heavy atom. The molecule has 2 aromatic carbocycles. The summed E-state index contributed by atoms with van der Waals surface area (Å²) in [5.74, 6) is 0.908. The second-order valence-corrected chi connectivity index (χ2v) is 6.84. The van der Waals surface area contributed by atoms with Gasteiger partial charge in [-0.2, -0.15) is 0 Å². The number of rotatable bonds is 5. The number of ether oxygens (including phenoxy) is 1. The Kier molecular flexibility index (Phi) is 4.86. The van der Waals surface area contributed by atoms with E-state index in [-0.39, 0.29) is 0 Å². The number of allylic oxidation sites excluding steroid dienone is 1. The van der Waals surface area contributed by atoms with Crippen LogP contribution in [0, 0.1) is 0 Å². The zero-order valence-electron chi connectivity index (χ0n) is 14.9. The predicted molar refractivity (Wildman–Crippen MR) is 104 cm³/mol. The molecule has 1 aliphatic carbocycles. The van der Waals surface area contributed by atoms with Gasteiger partial charge in [-0.3, -0.25) is 0 Å². The lowest BCUT2D eigenvalue weighted by Gasteiger charge is -2.27. The second kappa shape index (κ2) is 7.42. The summed E-state index contributed by atoms with van der Waals surface area (Å²) in [5.41, 5.74) is 7.07. The van der Waals surface area contributed by atoms with E-state index < -0.39 is 0 Å². The Labute approximate surface area is 150 Å². The zero-order valence-corrected chi connectivity index (χ0v) is 14.9. The monoisotopic (exact) mass is 334 g/mol. The molecule has 130 valence electrons. The van der Waals surface area contributed by atoms with Gasteiger partial charge < -0.3 is 15.0 Å². The second-order valence-electron chi connectivity index (χ2n) is 6.84. The van der Waals surface area contributed by atoms with E-state index >= 15 is 0 Å². The molecule has 1 fully saturated rings. The molecule has 0 unspecified atom stereocenters. The van der Waals surface area contributed by atoms with E-state index in [9.17, 15) is 0 Å². The topological polar surface area (TPSA) is 24.5 Å². The third kappa shape index (κ3) is 3.48. The van der Waals surface area contributed by atoms with Crippen LogP contribution in [0.1, 0.15) is 17.5 Å². The molecular formula is C22H26N2O. The van der Waals surface area contributed by atoms with Crippen molar-refractivity contribution in [2.75, 3.05) is 39.8 Å². The quantitative estimate of drug-likeness (QED) is 0.904. The highest BCUT2D eigenvalue weighted by molar-refractivity contribution is 5.81. The summed E-state index contributed by atoms with van der Waals surface area (Å²) in [6.45, 7) is 5.76. The van der Waals surface area contributed by atoms with E-state index in [1.165, 1.54) is 47.5 Å². The molecule has 3 nitrogen and oxygen atoms in total. The van der Waals surface area contributed by atoms with E-state index in [4.69, 9.17) is 4.74 Å². The van der Waals surface area contributed by atoms with Gasteiger partial charge in [-0.05, 0) is 52.8 Å². The molecule has 0 atom stereocenters. The fourth-order valence-corrected chi connectivity index (χ4v) is 3.93. The summed E-state index contributed by atoms with van der Waals surface area (Å²) in [7, 11) is 1.71. The van der Waals surface area contributed by atoms with Crippen molar-refractivity contribution in [3.8, 4) is 16.9 Å². The molecule has 2 aliphatic rings. The summed E-state index contributed by atoms with van der Waals surface area (Å²) in [6, 6.07) is 15.1. The van der Waals surface area contributed by atoms with E-state index in [1.807, 2.05) is 12.1 Å². The number of hydrogen-bond acceptors (Lipinski definition) is 3. The average molecular weight is 334 g/mol. The van der Waals surface area contributed by atoms with Gasteiger partial charge in [0.05, 0.1) is 7.11 Å². The fraction of sp³-hybridized carbons (Fsp3) is 0.364. The number of fused-ring (bicyclic) bond motifs is 1. The van der Waals surface area contributed by atoms with Crippen LogP contribution >= 0.6 is 0 Å². The zero-order chi connectivity index (χ0) is 17.1. The fourth-order valence-electron chi connectivity index (χ4n) is 3.93. The average Bonchev–Trinajstić information content (AvgIpc) is 3.10. The van der Waals surface area contributed by atoms with Gasteiger partial charge in [0.15, 0.2) is 0 Å². The van der Waals surface area contributed by atoms with Crippen molar-refractivity contribution in [2.24, 2.45) is 0 Å². The smallest absolute Gasteiger partial charge is 0.118 e. The summed E-state index contributed by atoms with van der Waals surface area (Å²) in [4.78, 5) is 2.57. The lowest BCUT2D eigenvalue weighted by atomic mass is 9.94. The molecule has 25 heavy (non-hydrogen) atoms. The van der Waals surface area contributed by atoms with Crippen molar-refractivity contribution in [3.63, 3.8) is 0 Å². The molecule has 1 aliphatic heterocycles. The SMILES string of the molecule is COc1ccc(-c2cccc3c2CC=C3CCN2CCNCC2)cc1. The number of benzene rings is 2. The van der Waals surface area contributed by atoms with Gasteiger partial charge in [-0.15, -0.1) is 0 Å². The third-order valence-corrected chi connectivity index (χ3v) is 5.38. The Bertz CT molecular complexity index is 758. The van der Waals surface area contributed by atoms with Gasteiger partial charge in [-0.1, -0.05) is 36.4 Å². The molecule has 0 saturated carbocycles. The first-order valence-electron chi connectivity index (χ1n) is 9.24. The number of hydrogen-bond donors (Lipinski definition) is 1. The van der Waals surface area contributed by atoms with Crippen LogP contribution in [0.25, 0.3) is 16.7 Å². The standard InChI is InChI=1S/C22H26N2O/c1-25-19-8-5-17(6-9-19)20-3-2-4-21-18(7-10-22(20)21)11-14-24-15-12-23-13-16-24/h2-9,23H,10-16H2,1H3. The minimum Gasteiger partial charge on any atom is -0.497 e. The highest BCUT2D eigenvalue weighted by Crippen LogP contribution is 2.37. The maximum atomic E-state index is 5.28. The molecule has 0 amide bonds. The predicted octanol–water partition coefficient (Wildman–Crippen LogP) is 3.60. The first kappa shape index (κ1) is 16.4. The Balaban J connectivity index is 1.51. The Morgan fingerprint density at radius 2 is 1.76 bits per heavy atom. The number of piperazine rings is 1. The minimum absolute atomic E-state index is 0.908. The van der Waals surface area contributed by atoms with Crippen LogP contribution in [-0.4, -0.2) is 44.7 Å². The van der Waals surface area contributed by atoms with E-state index in [1.54, 1.807) is 7.11 Å². The maximum absolute atomic E-state index is 5.28. The van der Waals surface area contributed by atoms with E-state index in [0.29, 0.717) is 0 Å². The molecular weight excluding hydrogens is 308 g/mol. The van der Waals surface area contributed by atoms with E-state index in [0.717, 1.165) is 31.7 Å². The van der Waals surface area contributed by atoms with Crippen LogP contribution < -0.4 is 10.1 Å². The van der Waals surface area contributed by atoms with Gasteiger partial charge in [0.2, 0.25) is 0 Å². The molecule has 0 aromatic heterocycles. The molecule has 1 heterocycles. The van der Waals surface area contributed by atoms with Gasteiger partial charge in [0.1, 0.15) is 5.75 Å². The van der Waals surface area contributed by atoms with Crippen LogP contribution in [0.15, 0.2) is 48.5 Å². The van der Waals surface area contributed by atoms with Crippen molar-refractivity contribution in [2.45, 2.75) is 12.8 Å². The summed E-state index contributed by atoms with van der Waals surface area (Å²) < 4.78 is 5.28. The lowest BCUT2D eigenvalue weighted by molar-refractivity contribution is 0.246. The summed E-state index contributed by atoms with van der Waals surface area (Å²) in [5, 5.41) is 3.43. The highest BCUT2D eigenvalue weighted by atomic mass is 16.5. The van der Waals surface area contributed by atoms with Crippen LogP contribution in [0.4, 0.5) is 0 Å². The van der Waals surface area contributed by atoms with Crippen molar-refractivity contribution >= 4 is 5.57 Å². The van der Waals surface area contributed by atoms with Crippen molar-refractivity contribution in [1.82, 2.24) is 10.2 Å². The molecule has 2 aromatic rings. The van der Waals surface area contributed by atoms with Crippen molar-refractivity contribution < 1.29 is 4.74 Å². The molecule has 3 heteroatoms. The number of methoxy groups -OCH3 is 1. The molecule has 0 bridgehead atoms. The molecule has 0 spiro atoms. The normalized spacial score (nSPS) is 17.2. The molecule has 1 N–H and O–H groups in total. The van der Waals surface area contributed by atoms with Crippen molar-refractivity contribution in [3.05, 3.63) is 59.7 Å². The van der Waals surface area contributed by atoms with E-state index in [2.05, 4.69) is 46.6 Å². The van der Waals surface area contributed by atoms with Crippen LogP contribution in [0.3, 0.4) is 0 Å². The minimum atomic E-state index is 0.908. The Hall–Kier alpha value is -2.10. The van der Waals surface area contributed by atoms with Crippen LogP contribution in [0.5, 0.6) is 5.75 Å². The van der Waals surface area contributed by atoms with Crippen LogP contribution in [0.2, 0.25) is 0 Å². The Morgan fingerprint density at radius 3 is 2.52 bits per heavy atom. The summed E-state index contributed by atoms with van der Waals surface area (Å²) >= 11 is 0. The lowest BCUT2D eigenvalue weighted by Crippen LogP contribution is -2.43. The molecule has 1 saturated heterocycles. The largest absolute Gasteiger partial charge is 0.497 e. The molecule has 0 radical (unpaired) electrons. The van der Waals surface area contributed by atoms with Crippen LogP contribution in [-0.2, 0) is 6.42 Å². The van der Waals surface area contributed by atoms with Crippen molar-refractivity contribution in [1.29, 1.82) is 0 Å². The maximum Gasteiger partial charge on any atom is 0.118 e.